The molecule has 204 valence electrons. The van der Waals surface area contributed by atoms with Crippen LogP contribution in [0.5, 0.6) is 0 Å². The summed E-state index contributed by atoms with van der Waals surface area (Å²) in [5.74, 6) is 0.639. The van der Waals surface area contributed by atoms with E-state index in [4.69, 9.17) is 17.7 Å². The molecule has 0 saturated carbocycles. The topological polar surface area (TPSA) is 129 Å². The van der Waals surface area contributed by atoms with Crippen molar-refractivity contribution in [1.82, 2.24) is 19.5 Å². The summed E-state index contributed by atoms with van der Waals surface area (Å²) in [5, 5.41) is 4.22. The molecule has 2 aromatic heterocycles. The van der Waals surface area contributed by atoms with Crippen molar-refractivity contribution in [2.45, 2.75) is 116 Å². The predicted molar refractivity (Wildman–Crippen MR) is 145 cm³/mol. The van der Waals surface area contributed by atoms with Crippen LogP contribution >= 0.6 is 0 Å². The lowest BCUT2D eigenvalue weighted by atomic mass is 10.1. The maximum Gasteiger partial charge on any atom is 0.335 e. The molecule has 4 atom stereocenters. The largest absolute Gasteiger partial charge is 0.414 e. The van der Waals surface area contributed by atoms with Gasteiger partial charge in [-0.2, -0.15) is 0 Å². The zero-order valence-electron chi connectivity index (χ0n) is 23.7. The minimum absolute atomic E-state index is 0.150. The van der Waals surface area contributed by atoms with E-state index in [9.17, 15) is 5.53 Å². The van der Waals surface area contributed by atoms with E-state index in [-0.39, 0.29) is 22.2 Å². The van der Waals surface area contributed by atoms with Crippen molar-refractivity contribution in [3.8, 4) is 0 Å². The fraction of sp³-hybridized carbons (Fsp3) is 0.792. The summed E-state index contributed by atoms with van der Waals surface area (Å²) in [7, 11) is -5.62. The number of ether oxygens (including phenoxy) is 1. The molecule has 13 heteroatoms. The molecule has 0 bridgehead atoms. The second kappa shape index (κ2) is 10.4. The number of fused-ring (bicyclic) bond motifs is 2. The third kappa shape index (κ3) is 4.64. The van der Waals surface area contributed by atoms with Crippen molar-refractivity contribution in [3.05, 3.63) is 28.3 Å². The highest BCUT2D eigenvalue weighted by Gasteiger charge is 2.61. The summed E-state index contributed by atoms with van der Waals surface area (Å²) >= 11 is 0. The molecule has 4 heterocycles. The second-order valence-corrected chi connectivity index (χ2v) is 20.3. The van der Waals surface area contributed by atoms with Gasteiger partial charge in [-0.1, -0.05) is 60.5 Å². The Kier molecular flexibility index (Phi) is 7.88. The quantitative estimate of drug-likeness (QED) is 0.188. The van der Waals surface area contributed by atoms with E-state index in [0.717, 1.165) is 5.69 Å². The Hall–Kier alpha value is -1.87. The fourth-order valence-electron chi connectivity index (χ4n) is 5.93. The van der Waals surface area contributed by atoms with Crippen LogP contribution in [0.25, 0.3) is 21.6 Å². The number of nitrogens with zero attached hydrogens (tertiary/aromatic N) is 7. The van der Waals surface area contributed by atoms with Crippen LogP contribution < -0.4 is 0 Å². The first-order valence-corrected chi connectivity index (χ1v) is 17.2. The number of rotatable bonds is 6. The zero-order chi connectivity index (χ0) is 27.3. The summed E-state index contributed by atoms with van der Waals surface area (Å²) in [4.78, 5) is 16.8. The summed E-state index contributed by atoms with van der Waals surface area (Å²) in [5.41, 5.74) is 12.5. The number of hydrogen-bond donors (Lipinski definition) is 0. The maximum atomic E-state index is 9.59. The molecule has 0 N–H and O–H groups in total. The van der Waals surface area contributed by atoms with Gasteiger partial charge in [-0.05, 0) is 41.5 Å². The van der Waals surface area contributed by atoms with Gasteiger partial charge in [0, 0.05) is 4.91 Å². The Balaban J connectivity index is 1.85. The van der Waals surface area contributed by atoms with Gasteiger partial charge in [0.25, 0.3) is 0 Å². The Morgan fingerprint density at radius 2 is 1.62 bits per heavy atom. The lowest BCUT2D eigenvalue weighted by Gasteiger charge is -2.51. The molecular weight excluding hydrogens is 506 g/mol. The highest BCUT2D eigenvalue weighted by Crippen LogP contribution is 2.49. The lowest BCUT2D eigenvalue weighted by molar-refractivity contribution is -0.0546. The standard InChI is InChI=1S/C24H41N7O4Si2/c1-13(2)36(14(3)4)32-11-19-22(34-37(35-36,15(5)6)16(7)8)21(29-30-25)24(33-19)31-12-26-20-17(9)27-18(10)28-23(20)31/h12-16,19,21-22,24H,11H2,1-10H3/t19-,21?,22+,24-/m1/s1. The lowest BCUT2D eigenvalue weighted by Crippen LogP contribution is -2.65. The summed E-state index contributed by atoms with van der Waals surface area (Å²) in [6.07, 6.45) is 0.0835. The van der Waals surface area contributed by atoms with E-state index in [2.05, 4.69) is 80.4 Å². The molecule has 4 rings (SSSR count). The van der Waals surface area contributed by atoms with Crippen LogP contribution in [0.1, 0.15) is 73.1 Å². The van der Waals surface area contributed by atoms with Gasteiger partial charge in [-0.3, -0.25) is 4.57 Å². The van der Waals surface area contributed by atoms with E-state index in [1.165, 1.54) is 0 Å². The average molecular weight is 548 g/mol. The number of hydrogen-bond acceptors (Lipinski definition) is 8. The molecule has 37 heavy (non-hydrogen) atoms. The zero-order valence-corrected chi connectivity index (χ0v) is 25.7. The Bertz CT molecular complexity index is 1170. The average Bonchev–Trinajstić information content (AvgIpc) is 3.34. The molecule has 2 fully saturated rings. The molecule has 0 spiro atoms. The van der Waals surface area contributed by atoms with E-state index in [1.54, 1.807) is 6.33 Å². The molecule has 2 aliphatic heterocycles. The SMILES string of the molecule is Cc1nc(C)c2ncn([C@@H]3O[C@@H]4CO[Si](C(C)C)(C(C)C)O[Si](C(C)C)(C(C)C)O[C@@H]4C3N=[N+]=[N-])c2n1. The minimum Gasteiger partial charge on any atom is -0.414 e. The second-order valence-electron chi connectivity index (χ2n) is 11.5. The Morgan fingerprint density at radius 1 is 1.00 bits per heavy atom. The molecular formula is C24H41N7O4Si2. The van der Waals surface area contributed by atoms with Crippen molar-refractivity contribution >= 4 is 28.3 Å². The number of aryl methyl sites for hydroxylation is 2. The Morgan fingerprint density at radius 3 is 2.19 bits per heavy atom. The highest BCUT2D eigenvalue weighted by atomic mass is 28.5. The fourth-order valence-corrected chi connectivity index (χ4v) is 17.1. The molecule has 2 saturated heterocycles. The normalized spacial score (nSPS) is 27.5. The van der Waals surface area contributed by atoms with Gasteiger partial charge in [0.05, 0.1) is 24.7 Å². The molecule has 0 aromatic carbocycles. The van der Waals surface area contributed by atoms with Crippen molar-refractivity contribution in [3.63, 3.8) is 0 Å². The van der Waals surface area contributed by atoms with Gasteiger partial charge in [0.15, 0.2) is 5.65 Å². The van der Waals surface area contributed by atoms with Gasteiger partial charge < -0.3 is 17.7 Å². The third-order valence-corrected chi connectivity index (χ3v) is 18.1. The van der Waals surface area contributed by atoms with Gasteiger partial charge in [-0.25, -0.2) is 15.0 Å². The van der Waals surface area contributed by atoms with E-state index in [0.29, 0.717) is 23.6 Å². The van der Waals surface area contributed by atoms with Gasteiger partial charge >= 0.3 is 17.1 Å². The van der Waals surface area contributed by atoms with Gasteiger partial charge in [0.2, 0.25) is 0 Å². The van der Waals surface area contributed by atoms with E-state index in [1.807, 2.05) is 18.4 Å². The first-order chi connectivity index (χ1) is 17.4. The number of aromatic nitrogens is 4. The Labute approximate surface area is 221 Å². The van der Waals surface area contributed by atoms with Crippen molar-refractivity contribution < 1.29 is 17.7 Å². The maximum absolute atomic E-state index is 9.59. The molecule has 0 amide bonds. The number of azide groups is 1. The third-order valence-electron chi connectivity index (χ3n) is 7.81. The van der Waals surface area contributed by atoms with Crippen LogP contribution in [0.15, 0.2) is 11.4 Å². The number of imidazole rings is 1. The molecule has 11 nitrogen and oxygen atoms in total. The van der Waals surface area contributed by atoms with Crippen LogP contribution in [0.3, 0.4) is 0 Å². The molecule has 1 unspecified atom stereocenters. The molecule has 2 aliphatic rings. The van der Waals surface area contributed by atoms with Crippen molar-refractivity contribution in [1.29, 1.82) is 0 Å². The molecule has 0 aliphatic carbocycles. The van der Waals surface area contributed by atoms with Gasteiger partial charge in [0.1, 0.15) is 29.7 Å². The summed E-state index contributed by atoms with van der Waals surface area (Å²) < 4.78 is 29.8. The first-order valence-electron chi connectivity index (χ1n) is 13.3. The minimum atomic E-state index is -2.90. The monoisotopic (exact) mass is 547 g/mol. The summed E-state index contributed by atoms with van der Waals surface area (Å²) in [6, 6.07) is -0.646. The van der Waals surface area contributed by atoms with Crippen LogP contribution in [0, 0.1) is 13.8 Å². The van der Waals surface area contributed by atoms with Crippen molar-refractivity contribution in [2.24, 2.45) is 5.11 Å². The van der Waals surface area contributed by atoms with Crippen LogP contribution in [0.4, 0.5) is 0 Å². The molecule has 2 aromatic rings. The molecule has 0 radical (unpaired) electrons. The summed E-state index contributed by atoms with van der Waals surface area (Å²) in [6.45, 7) is 21.5. The van der Waals surface area contributed by atoms with Crippen LogP contribution in [-0.4, -0.2) is 61.5 Å². The first kappa shape index (κ1) is 28.1. The predicted octanol–water partition coefficient (Wildman–Crippen LogP) is 5.98. The van der Waals surface area contributed by atoms with E-state index >= 15 is 0 Å². The van der Waals surface area contributed by atoms with Crippen LogP contribution in [-0.2, 0) is 17.7 Å². The van der Waals surface area contributed by atoms with Crippen LogP contribution in [0.2, 0.25) is 22.2 Å². The van der Waals surface area contributed by atoms with Crippen molar-refractivity contribution in [2.75, 3.05) is 6.61 Å². The van der Waals surface area contributed by atoms with E-state index < -0.39 is 41.6 Å². The van der Waals surface area contributed by atoms with Gasteiger partial charge in [-0.15, -0.1) is 0 Å². The highest BCUT2D eigenvalue weighted by molar-refractivity contribution is 6.84. The smallest absolute Gasteiger partial charge is 0.335 e.